The zero-order valence-electron chi connectivity index (χ0n) is 15.7. The fourth-order valence-corrected chi connectivity index (χ4v) is 3.68. The molecular formula is C16H27N5O4S. The van der Waals surface area contributed by atoms with E-state index in [-0.39, 0.29) is 16.1 Å². The molecule has 146 valence electrons. The lowest BCUT2D eigenvalue weighted by molar-refractivity contribution is -0.384. The molecule has 1 aromatic carbocycles. The number of anilines is 1. The van der Waals surface area contributed by atoms with E-state index in [0.717, 1.165) is 32.2 Å². The Kier molecular flexibility index (Phi) is 6.22. The SMILES string of the molecule is CNS(=O)(=O)c1ccc(NCC(C)(C)N2CCN(C)CC2)c([N+](=O)[O-])c1. The molecule has 0 aliphatic carbocycles. The first-order valence-electron chi connectivity index (χ1n) is 8.46. The van der Waals surface area contributed by atoms with Crippen molar-refractivity contribution in [2.45, 2.75) is 24.3 Å². The molecule has 0 amide bonds. The second-order valence-electron chi connectivity index (χ2n) is 7.10. The molecule has 9 nitrogen and oxygen atoms in total. The number of nitro benzene ring substituents is 1. The van der Waals surface area contributed by atoms with Crippen molar-refractivity contribution in [2.75, 3.05) is 52.1 Å². The molecule has 0 bridgehead atoms. The predicted molar refractivity (Wildman–Crippen MR) is 101 cm³/mol. The van der Waals surface area contributed by atoms with Crippen LogP contribution in [-0.4, -0.2) is 75.5 Å². The van der Waals surface area contributed by atoms with Crippen LogP contribution in [0.15, 0.2) is 23.1 Å². The number of piperazine rings is 1. The van der Waals surface area contributed by atoms with Gasteiger partial charge in [0.2, 0.25) is 10.0 Å². The van der Waals surface area contributed by atoms with E-state index in [0.29, 0.717) is 12.2 Å². The lowest BCUT2D eigenvalue weighted by atomic mass is 10.0. The van der Waals surface area contributed by atoms with Crippen molar-refractivity contribution >= 4 is 21.4 Å². The highest BCUT2D eigenvalue weighted by Gasteiger charge is 2.30. The molecule has 2 rings (SSSR count). The van der Waals surface area contributed by atoms with Crippen molar-refractivity contribution in [3.8, 4) is 0 Å². The minimum Gasteiger partial charge on any atom is -0.378 e. The van der Waals surface area contributed by atoms with Gasteiger partial charge in [0.05, 0.1) is 9.82 Å². The van der Waals surface area contributed by atoms with Gasteiger partial charge < -0.3 is 10.2 Å². The predicted octanol–water partition coefficient (Wildman–Crippen LogP) is 0.941. The topological polar surface area (TPSA) is 108 Å². The molecule has 1 saturated heterocycles. The van der Waals surface area contributed by atoms with Crippen LogP contribution >= 0.6 is 0 Å². The van der Waals surface area contributed by atoms with Gasteiger partial charge in [-0.15, -0.1) is 0 Å². The molecule has 0 atom stereocenters. The van der Waals surface area contributed by atoms with E-state index in [9.17, 15) is 18.5 Å². The number of benzene rings is 1. The molecule has 0 radical (unpaired) electrons. The van der Waals surface area contributed by atoms with Crippen molar-refractivity contribution in [3.63, 3.8) is 0 Å². The van der Waals surface area contributed by atoms with E-state index in [4.69, 9.17) is 0 Å². The first kappa shape index (κ1) is 20.6. The highest BCUT2D eigenvalue weighted by atomic mass is 32.2. The fourth-order valence-electron chi connectivity index (χ4n) is 2.93. The molecule has 0 spiro atoms. The first-order valence-corrected chi connectivity index (χ1v) is 9.94. The quantitative estimate of drug-likeness (QED) is 0.531. The maximum atomic E-state index is 11.9. The Hall–Kier alpha value is -1.75. The number of nitrogens with zero attached hydrogens (tertiary/aromatic N) is 3. The summed E-state index contributed by atoms with van der Waals surface area (Å²) in [6.07, 6.45) is 0. The van der Waals surface area contributed by atoms with Crippen LogP contribution < -0.4 is 10.0 Å². The van der Waals surface area contributed by atoms with Crippen molar-refractivity contribution in [1.82, 2.24) is 14.5 Å². The van der Waals surface area contributed by atoms with Gasteiger partial charge >= 0.3 is 0 Å². The summed E-state index contributed by atoms with van der Waals surface area (Å²) in [4.78, 5) is 15.3. The summed E-state index contributed by atoms with van der Waals surface area (Å²) in [6.45, 7) is 8.54. The number of hydrogen-bond donors (Lipinski definition) is 2. The summed E-state index contributed by atoms with van der Waals surface area (Å²) in [5, 5.41) is 14.5. The van der Waals surface area contributed by atoms with Gasteiger partial charge in [-0.25, -0.2) is 13.1 Å². The van der Waals surface area contributed by atoms with Gasteiger partial charge in [-0.2, -0.15) is 0 Å². The van der Waals surface area contributed by atoms with E-state index in [1.165, 1.54) is 19.2 Å². The smallest absolute Gasteiger partial charge is 0.293 e. The Labute approximate surface area is 154 Å². The van der Waals surface area contributed by atoms with E-state index in [1.54, 1.807) is 0 Å². The molecule has 10 heteroatoms. The Bertz CT molecular complexity index is 758. The second-order valence-corrected chi connectivity index (χ2v) is 8.99. The molecule has 1 aliphatic heterocycles. The number of rotatable bonds is 7. The third-order valence-electron chi connectivity index (χ3n) is 4.82. The van der Waals surface area contributed by atoms with Gasteiger partial charge in [-0.1, -0.05) is 0 Å². The third-order valence-corrected chi connectivity index (χ3v) is 6.23. The summed E-state index contributed by atoms with van der Waals surface area (Å²) >= 11 is 0. The van der Waals surface area contributed by atoms with Crippen LogP contribution in [0.2, 0.25) is 0 Å². The van der Waals surface area contributed by atoms with Crippen LogP contribution in [0.3, 0.4) is 0 Å². The van der Waals surface area contributed by atoms with Crippen LogP contribution in [0.1, 0.15) is 13.8 Å². The molecule has 0 unspecified atom stereocenters. The zero-order chi connectivity index (χ0) is 19.5. The average molecular weight is 385 g/mol. The van der Waals surface area contributed by atoms with Gasteiger partial charge in [0.15, 0.2) is 0 Å². The largest absolute Gasteiger partial charge is 0.378 e. The molecule has 0 aromatic heterocycles. The van der Waals surface area contributed by atoms with Crippen molar-refractivity contribution in [3.05, 3.63) is 28.3 Å². The molecule has 1 aromatic rings. The zero-order valence-corrected chi connectivity index (χ0v) is 16.5. The number of nitrogens with one attached hydrogen (secondary N) is 2. The highest BCUT2D eigenvalue weighted by Crippen LogP contribution is 2.28. The van der Waals surface area contributed by atoms with Crippen molar-refractivity contribution in [1.29, 1.82) is 0 Å². The fraction of sp³-hybridized carbons (Fsp3) is 0.625. The summed E-state index contributed by atoms with van der Waals surface area (Å²) in [6, 6.07) is 3.89. The normalized spacial score (nSPS) is 17.2. The molecule has 26 heavy (non-hydrogen) atoms. The van der Waals surface area contributed by atoms with Gasteiger partial charge in [0.1, 0.15) is 5.69 Å². The molecule has 1 fully saturated rings. The monoisotopic (exact) mass is 385 g/mol. The Morgan fingerprint density at radius 1 is 1.23 bits per heavy atom. The number of nitro groups is 1. The van der Waals surface area contributed by atoms with Crippen molar-refractivity contribution in [2.24, 2.45) is 0 Å². The summed E-state index contributed by atoms with van der Waals surface area (Å²) in [7, 11) is -0.372. The van der Waals surface area contributed by atoms with Gasteiger partial charge in [0.25, 0.3) is 5.69 Å². The third kappa shape index (κ3) is 4.70. The molecular weight excluding hydrogens is 358 g/mol. The molecule has 2 N–H and O–H groups in total. The summed E-state index contributed by atoms with van der Waals surface area (Å²) in [5.41, 5.74) is -0.132. The minimum absolute atomic E-state index is 0.129. The highest BCUT2D eigenvalue weighted by molar-refractivity contribution is 7.89. The van der Waals surface area contributed by atoms with Crippen LogP contribution in [0.25, 0.3) is 0 Å². The Balaban J connectivity index is 2.17. The summed E-state index contributed by atoms with van der Waals surface area (Å²) in [5.74, 6) is 0. The van der Waals surface area contributed by atoms with Gasteiger partial charge in [-0.05, 0) is 40.1 Å². The van der Waals surface area contributed by atoms with Gasteiger partial charge in [-0.3, -0.25) is 15.0 Å². The molecule has 0 saturated carbocycles. The number of likely N-dealkylation sites (N-methyl/N-ethyl adjacent to an activating group) is 1. The van der Waals surface area contributed by atoms with E-state index in [2.05, 4.69) is 40.7 Å². The maximum absolute atomic E-state index is 11.9. The minimum atomic E-state index is -3.73. The average Bonchev–Trinajstić information content (AvgIpc) is 2.60. The van der Waals surface area contributed by atoms with E-state index >= 15 is 0 Å². The van der Waals surface area contributed by atoms with E-state index < -0.39 is 14.9 Å². The van der Waals surface area contributed by atoms with Crippen LogP contribution in [0.4, 0.5) is 11.4 Å². The van der Waals surface area contributed by atoms with Crippen LogP contribution in [0.5, 0.6) is 0 Å². The lowest BCUT2D eigenvalue weighted by Gasteiger charge is -2.43. The lowest BCUT2D eigenvalue weighted by Crippen LogP contribution is -2.56. The van der Waals surface area contributed by atoms with Crippen LogP contribution in [0, 0.1) is 10.1 Å². The number of hydrogen-bond acceptors (Lipinski definition) is 7. The first-order chi connectivity index (χ1) is 12.1. The molecule has 1 heterocycles. The van der Waals surface area contributed by atoms with E-state index in [1.807, 2.05) is 0 Å². The Morgan fingerprint density at radius 3 is 2.38 bits per heavy atom. The maximum Gasteiger partial charge on any atom is 0.293 e. The van der Waals surface area contributed by atoms with Gasteiger partial charge in [0, 0.05) is 44.3 Å². The standard InChI is InChI=1S/C16H27N5O4S/c1-16(2,20-9-7-19(4)8-10-20)12-18-14-6-5-13(26(24,25)17-3)11-15(14)21(22)23/h5-6,11,17-18H,7-10,12H2,1-4H3. The second kappa shape index (κ2) is 7.87. The Morgan fingerprint density at radius 2 is 1.85 bits per heavy atom. The molecule has 1 aliphatic rings. The number of sulfonamides is 1. The van der Waals surface area contributed by atoms with Crippen LogP contribution in [-0.2, 0) is 10.0 Å². The summed E-state index contributed by atoms with van der Waals surface area (Å²) < 4.78 is 25.9. The van der Waals surface area contributed by atoms with Crippen molar-refractivity contribution < 1.29 is 13.3 Å².